The largest absolute Gasteiger partial charge is 0.506 e. The van der Waals surface area contributed by atoms with Crippen LogP contribution in [0.4, 0.5) is 0 Å². The minimum Gasteiger partial charge on any atom is -0.506 e. The van der Waals surface area contributed by atoms with Crippen molar-refractivity contribution in [3.63, 3.8) is 0 Å². The van der Waals surface area contributed by atoms with Crippen LogP contribution in [0.3, 0.4) is 0 Å². The second-order valence-corrected chi connectivity index (χ2v) is 6.85. The van der Waals surface area contributed by atoms with E-state index < -0.39 is 0 Å². The fraction of sp³-hybridized carbons (Fsp3) is 0.294. The van der Waals surface area contributed by atoms with E-state index in [4.69, 9.17) is 11.6 Å². The highest BCUT2D eigenvalue weighted by Crippen LogP contribution is 2.38. The molecule has 0 fully saturated rings. The van der Waals surface area contributed by atoms with Crippen LogP contribution >= 0.6 is 27.5 Å². The first kappa shape index (κ1) is 14.9. The fourth-order valence-electron chi connectivity index (χ4n) is 3.00. The molecule has 0 unspecified atom stereocenters. The van der Waals surface area contributed by atoms with E-state index in [2.05, 4.69) is 46.1 Å². The van der Waals surface area contributed by atoms with Crippen LogP contribution in [-0.2, 0) is 6.42 Å². The Morgan fingerprint density at radius 1 is 1.24 bits per heavy atom. The first-order valence-corrected chi connectivity index (χ1v) is 8.17. The first-order chi connectivity index (χ1) is 10.1. The van der Waals surface area contributed by atoms with Gasteiger partial charge < -0.3 is 10.0 Å². The molecule has 0 saturated heterocycles. The van der Waals surface area contributed by atoms with Crippen molar-refractivity contribution in [2.24, 2.45) is 0 Å². The van der Waals surface area contributed by atoms with Gasteiger partial charge in [0.1, 0.15) is 5.75 Å². The van der Waals surface area contributed by atoms with Crippen LogP contribution in [0.2, 0.25) is 5.02 Å². The van der Waals surface area contributed by atoms with E-state index in [1.165, 1.54) is 16.7 Å². The molecule has 0 amide bonds. The third kappa shape index (κ3) is 2.96. The summed E-state index contributed by atoms with van der Waals surface area (Å²) in [6.45, 7) is 1.92. The maximum atomic E-state index is 10.0. The summed E-state index contributed by atoms with van der Waals surface area (Å²) in [4.78, 5) is 2.33. The number of phenolic OH excluding ortho intramolecular Hbond substituents is 1. The summed E-state index contributed by atoms with van der Waals surface area (Å²) in [7, 11) is 2.14. The minimum atomic E-state index is 0.164. The maximum absolute atomic E-state index is 10.0. The molecule has 0 bridgehead atoms. The van der Waals surface area contributed by atoms with Crippen LogP contribution in [-0.4, -0.2) is 30.1 Å². The predicted octanol–water partition coefficient (Wildman–Crippen LogP) is 4.43. The fourth-order valence-corrected chi connectivity index (χ4v) is 3.74. The lowest BCUT2D eigenvalue weighted by Crippen LogP contribution is -2.24. The molecule has 110 valence electrons. The number of halogens is 2. The van der Waals surface area contributed by atoms with Gasteiger partial charge in [-0.2, -0.15) is 0 Å². The zero-order valence-corrected chi connectivity index (χ0v) is 14.2. The summed E-state index contributed by atoms with van der Waals surface area (Å²) in [5.74, 6) is 0.392. The van der Waals surface area contributed by atoms with Crippen molar-refractivity contribution >= 4 is 27.5 Å². The standard InChI is InChI=1S/C17H17BrClNO/c1-20-7-6-11-8-16(19)17(21)9-13(11)14(10-20)12-4-2-3-5-15(12)18/h2-5,8-9,14,21H,6-7,10H2,1H3/t14-/m1/s1. The summed E-state index contributed by atoms with van der Waals surface area (Å²) in [6, 6.07) is 12.0. The van der Waals surface area contributed by atoms with Crippen molar-refractivity contribution in [1.82, 2.24) is 4.90 Å². The second kappa shape index (κ2) is 5.99. The summed E-state index contributed by atoms with van der Waals surface area (Å²) >= 11 is 9.74. The number of rotatable bonds is 1. The zero-order valence-electron chi connectivity index (χ0n) is 11.8. The Kier molecular flexibility index (Phi) is 4.25. The average Bonchev–Trinajstić information content (AvgIpc) is 2.61. The highest BCUT2D eigenvalue weighted by molar-refractivity contribution is 9.10. The van der Waals surface area contributed by atoms with E-state index in [1.54, 1.807) is 0 Å². The summed E-state index contributed by atoms with van der Waals surface area (Å²) < 4.78 is 1.10. The SMILES string of the molecule is CN1CCc2cc(Cl)c(O)cc2[C@@H](c2ccccc2Br)C1. The van der Waals surface area contributed by atoms with E-state index in [-0.39, 0.29) is 11.7 Å². The number of nitrogens with zero attached hydrogens (tertiary/aromatic N) is 1. The van der Waals surface area contributed by atoms with Crippen molar-refractivity contribution < 1.29 is 5.11 Å². The van der Waals surface area contributed by atoms with Gasteiger partial charge in [-0.1, -0.05) is 45.7 Å². The lowest BCUT2D eigenvalue weighted by Gasteiger charge is -2.23. The molecule has 3 rings (SSSR count). The quantitative estimate of drug-likeness (QED) is 0.807. The molecule has 2 aromatic carbocycles. The molecule has 1 aliphatic heterocycles. The zero-order chi connectivity index (χ0) is 15.0. The van der Waals surface area contributed by atoms with Gasteiger partial charge >= 0.3 is 0 Å². The molecule has 21 heavy (non-hydrogen) atoms. The predicted molar refractivity (Wildman–Crippen MR) is 90.3 cm³/mol. The molecule has 4 heteroatoms. The van der Waals surface area contributed by atoms with Crippen LogP contribution in [0.1, 0.15) is 22.6 Å². The highest BCUT2D eigenvalue weighted by atomic mass is 79.9. The van der Waals surface area contributed by atoms with E-state index in [0.29, 0.717) is 5.02 Å². The van der Waals surface area contributed by atoms with Gasteiger partial charge in [0.2, 0.25) is 0 Å². The highest BCUT2D eigenvalue weighted by Gasteiger charge is 2.25. The normalized spacial score (nSPS) is 19.1. The van der Waals surface area contributed by atoms with Crippen molar-refractivity contribution in [3.05, 3.63) is 62.6 Å². The number of aromatic hydroxyl groups is 1. The minimum absolute atomic E-state index is 0.164. The Morgan fingerprint density at radius 2 is 2.00 bits per heavy atom. The van der Waals surface area contributed by atoms with Gasteiger partial charge in [0.25, 0.3) is 0 Å². The molecule has 1 heterocycles. The van der Waals surface area contributed by atoms with Crippen molar-refractivity contribution in [2.75, 3.05) is 20.1 Å². The van der Waals surface area contributed by atoms with Gasteiger partial charge in [0.05, 0.1) is 5.02 Å². The Balaban J connectivity index is 2.16. The van der Waals surface area contributed by atoms with Crippen LogP contribution in [0.5, 0.6) is 5.75 Å². The molecule has 0 aliphatic carbocycles. The van der Waals surface area contributed by atoms with Crippen LogP contribution in [0, 0.1) is 0 Å². The molecule has 2 aromatic rings. The molecule has 1 N–H and O–H groups in total. The molecule has 0 radical (unpaired) electrons. The van der Waals surface area contributed by atoms with Gasteiger partial charge in [-0.25, -0.2) is 0 Å². The molecule has 1 atom stereocenters. The Bertz CT molecular complexity index is 674. The lowest BCUT2D eigenvalue weighted by atomic mass is 9.88. The smallest absolute Gasteiger partial charge is 0.134 e. The lowest BCUT2D eigenvalue weighted by molar-refractivity contribution is 0.337. The van der Waals surface area contributed by atoms with Crippen LogP contribution in [0.25, 0.3) is 0 Å². The third-order valence-electron chi connectivity index (χ3n) is 4.12. The number of phenols is 1. The van der Waals surface area contributed by atoms with Gasteiger partial charge in [-0.05, 0) is 48.4 Å². The van der Waals surface area contributed by atoms with E-state index >= 15 is 0 Å². The number of likely N-dealkylation sites (N-methyl/N-ethyl adjacent to an activating group) is 1. The number of hydrogen-bond donors (Lipinski definition) is 1. The monoisotopic (exact) mass is 365 g/mol. The molecule has 0 aromatic heterocycles. The van der Waals surface area contributed by atoms with E-state index in [0.717, 1.165) is 24.0 Å². The molecule has 0 saturated carbocycles. The number of fused-ring (bicyclic) bond motifs is 1. The topological polar surface area (TPSA) is 23.5 Å². The second-order valence-electron chi connectivity index (χ2n) is 5.59. The van der Waals surface area contributed by atoms with Gasteiger partial charge in [0, 0.05) is 23.5 Å². The number of benzene rings is 2. The van der Waals surface area contributed by atoms with E-state index in [1.807, 2.05) is 18.2 Å². The van der Waals surface area contributed by atoms with Gasteiger partial charge in [0.15, 0.2) is 0 Å². The number of hydrogen-bond acceptors (Lipinski definition) is 2. The molecular weight excluding hydrogens is 350 g/mol. The van der Waals surface area contributed by atoms with Crippen LogP contribution < -0.4 is 0 Å². The van der Waals surface area contributed by atoms with Crippen molar-refractivity contribution in [2.45, 2.75) is 12.3 Å². The summed E-state index contributed by atoms with van der Waals surface area (Å²) in [5.41, 5.74) is 3.64. The summed E-state index contributed by atoms with van der Waals surface area (Å²) in [5, 5.41) is 10.4. The van der Waals surface area contributed by atoms with E-state index in [9.17, 15) is 5.11 Å². The molecule has 2 nitrogen and oxygen atoms in total. The average molecular weight is 367 g/mol. The maximum Gasteiger partial charge on any atom is 0.134 e. The first-order valence-electron chi connectivity index (χ1n) is 7.00. The molecule has 0 spiro atoms. The molecule has 1 aliphatic rings. The van der Waals surface area contributed by atoms with Crippen molar-refractivity contribution in [3.8, 4) is 5.75 Å². The Morgan fingerprint density at radius 3 is 2.76 bits per heavy atom. The Hall–Kier alpha value is -1.03. The summed E-state index contributed by atoms with van der Waals surface area (Å²) in [6.07, 6.45) is 0.951. The third-order valence-corrected chi connectivity index (χ3v) is 5.15. The van der Waals surface area contributed by atoms with Crippen LogP contribution in [0.15, 0.2) is 40.9 Å². The molecular formula is C17H17BrClNO. The van der Waals surface area contributed by atoms with Gasteiger partial charge in [-0.3, -0.25) is 0 Å². The van der Waals surface area contributed by atoms with Gasteiger partial charge in [-0.15, -0.1) is 0 Å². The van der Waals surface area contributed by atoms with Crippen molar-refractivity contribution in [1.29, 1.82) is 0 Å². The Labute approximate surface area is 138 Å².